The van der Waals surface area contributed by atoms with Crippen molar-refractivity contribution in [3.63, 3.8) is 0 Å². The largest absolute Gasteiger partial charge is 0.369 e. The lowest BCUT2D eigenvalue weighted by atomic mass is 10.1. The van der Waals surface area contributed by atoms with Gasteiger partial charge in [0.15, 0.2) is 0 Å². The van der Waals surface area contributed by atoms with Crippen LogP contribution in [0.25, 0.3) is 11.0 Å². The van der Waals surface area contributed by atoms with Gasteiger partial charge < -0.3 is 10.3 Å². The van der Waals surface area contributed by atoms with Crippen molar-refractivity contribution in [1.29, 1.82) is 0 Å². The van der Waals surface area contributed by atoms with E-state index in [0.717, 1.165) is 24.0 Å². The molecular formula is C12H17N3. The molecule has 0 aliphatic rings. The fourth-order valence-corrected chi connectivity index (χ4v) is 1.72. The average molecular weight is 203 g/mol. The van der Waals surface area contributed by atoms with E-state index in [1.165, 1.54) is 0 Å². The highest BCUT2D eigenvalue weighted by molar-refractivity contribution is 5.78. The minimum atomic E-state index is 0.622. The van der Waals surface area contributed by atoms with Gasteiger partial charge in [-0.25, -0.2) is 4.98 Å². The molecule has 0 spiro atoms. The molecule has 0 radical (unpaired) electrons. The molecule has 1 heterocycles. The Morgan fingerprint density at radius 3 is 2.80 bits per heavy atom. The highest BCUT2D eigenvalue weighted by Crippen LogP contribution is 2.18. The summed E-state index contributed by atoms with van der Waals surface area (Å²) in [6, 6.07) is 8.08. The molecule has 0 amide bonds. The van der Waals surface area contributed by atoms with Crippen LogP contribution in [0, 0.1) is 5.92 Å². The molecule has 0 bridgehead atoms. The second kappa shape index (κ2) is 3.93. The topological polar surface area (TPSA) is 43.8 Å². The van der Waals surface area contributed by atoms with Crippen LogP contribution in [-0.2, 0) is 6.54 Å². The van der Waals surface area contributed by atoms with Gasteiger partial charge in [-0.1, -0.05) is 26.0 Å². The first-order chi connectivity index (χ1) is 7.18. The molecule has 2 aromatic rings. The van der Waals surface area contributed by atoms with Crippen LogP contribution in [0.5, 0.6) is 0 Å². The zero-order chi connectivity index (χ0) is 10.8. The van der Waals surface area contributed by atoms with E-state index in [-0.39, 0.29) is 0 Å². The third kappa shape index (κ3) is 1.96. The van der Waals surface area contributed by atoms with E-state index in [0.29, 0.717) is 11.9 Å². The molecule has 0 saturated heterocycles. The van der Waals surface area contributed by atoms with Crippen LogP contribution in [0.1, 0.15) is 20.3 Å². The molecule has 0 unspecified atom stereocenters. The molecule has 2 rings (SSSR count). The van der Waals surface area contributed by atoms with Crippen molar-refractivity contribution < 1.29 is 0 Å². The van der Waals surface area contributed by atoms with Crippen molar-refractivity contribution in [2.24, 2.45) is 5.92 Å². The van der Waals surface area contributed by atoms with Gasteiger partial charge in [-0.05, 0) is 24.5 Å². The number of rotatable bonds is 3. The standard InChI is InChI=1S/C12H17N3/c1-9(2)7-8-15-11-6-4-3-5-10(11)14-12(15)13/h3-6,9H,7-8H2,1-2H3,(H2,13,14). The Labute approximate surface area is 89.9 Å². The Morgan fingerprint density at radius 2 is 2.07 bits per heavy atom. The molecule has 0 fully saturated rings. The van der Waals surface area contributed by atoms with Crippen LogP contribution in [-0.4, -0.2) is 9.55 Å². The summed E-state index contributed by atoms with van der Waals surface area (Å²) in [5, 5.41) is 0. The molecule has 3 nitrogen and oxygen atoms in total. The Hall–Kier alpha value is -1.51. The van der Waals surface area contributed by atoms with E-state index < -0.39 is 0 Å². The summed E-state index contributed by atoms with van der Waals surface area (Å²) in [6.07, 6.45) is 1.13. The van der Waals surface area contributed by atoms with Crippen LogP contribution in [0.2, 0.25) is 0 Å². The van der Waals surface area contributed by atoms with Gasteiger partial charge in [-0.15, -0.1) is 0 Å². The van der Waals surface area contributed by atoms with Crippen molar-refractivity contribution in [2.75, 3.05) is 5.73 Å². The van der Waals surface area contributed by atoms with Crippen LogP contribution < -0.4 is 5.73 Å². The van der Waals surface area contributed by atoms with Crippen LogP contribution in [0.4, 0.5) is 5.95 Å². The van der Waals surface area contributed by atoms with Crippen molar-refractivity contribution in [3.05, 3.63) is 24.3 Å². The van der Waals surface area contributed by atoms with Gasteiger partial charge in [0.25, 0.3) is 0 Å². The first-order valence-electron chi connectivity index (χ1n) is 5.39. The maximum absolute atomic E-state index is 5.89. The number of hydrogen-bond donors (Lipinski definition) is 1. The van der Waals surface area contributed by atoms with Crippen molar-refractivity contribution in [1.82, 2.24) is 9.55 Å². The summed E-state index contributed by atoms with van der Waals surface area (Å²) in [6.45, 7) is 5.38. The number of fused-ring (bicyclic) bond motifs is 1. The first-order valence-corrected chi connectivity index (χ1v) is 5.39. The quantitative estimate of drug-likeness (QED) is 0.833. The summed E-state index contributed by atoms with van der Waals surface area (Å²) in [5.74, 6) is 1.31. The number of hydrogen-bond acceptors (Lipinski definition) is 2. The Bertz CT molecular complexity index is 457. The van der Waals surface area contributed by atoms with Crippen molar-refractivity contribution in [3.8, 4) is 0 Å². The summed E-state index contributed by atoms with van der Waals surface area (Å²) in [4.78, 5) is 4.33. The van der Waals surface area contributed by atoms with Gasteiger partial charge in [-0.3, -0.25) is 0 Å². The highest BCUT2D eigenvalue weighted by atomic mass is 15.1. The summed E-state index contributed by atoms with van der Waals surface area (Å²) in [5.41, 5.74) is 8.01. The molecular weight excluding hydrogens is 186 g/mol. The number of anilines is 1. The molecule has 15 heavy (non-hydrogen) atoms. The second-order valence-corrected chi connectivity index (χ2v) is 4.29. The number of imidazole rings is 1. The highest BCUT2D eigenvalue weighted by Gasteiger charge is 2.07. The predicted octanol–water partition coefficient (Wildman–Crippen LogP) is 2.66. The summed E-state index contributed by atoms with van der Waals surface area (Å²) < 4.78 is 2.09. The van der Waals surface area contributed by atoms with E-state index in [1.54, 1.807) is 0 Å². The monoisotopic (exact) mass is 203 g/mol. The van der Waals surface area contributed by atoms with E-state index >= 15 is 0 Å². The van der Waals surface area contributed by atoms with Gasteiger partial charge in [0.05, 0.1) is 11.0 Å². The Balaban J connectivity index is 2.36. The number of aromatic nitrogens is 2. The van der Waals surface area contributed by atoms with E-state index in [1.807, 2.05) is 18.2 Å². The lowest BCUT2D eigenvalue weighted by Crippen LogP contribution is -2.05. The van der Waals surface area contributed by atoms with Gasteiger partial charge in [-0.2, -0.15) is 0 Å². The Morgan fingerprint density at radius 1 is 1.33 bits per heavy atom. The smallest absolute Gasteiger partial charge is 0.201 e. The number of nitrogen functional groups attached to an aromatic ring is 1. The summed E-state index contributed by atoms with van der Waals surface area (Å²) >= 11 is 0. The first kappa shape index (κ1) is 10.0. The second-order valence-electron chi connectivity index (χ2n) is 4.29. The molecule has 0 saturated carbocycles. The number of para-hydroxylation sites is 2. The van der Waals surface area contributed by atoms with Gasteiger partial charge in [0.2, 0.25) is 5.95 Å². The minimum absolute atomic E-state index is 0.622. The normalized spacial score (nSPS) is 11.4. The predicted molar refractivity (Wildman–Crippen MR) is 63.6 cm³/mol. The zero-order valence-electron chi connectivity index (χ0n) is 9.27. The van der Waals surface area contributed by atoms with E-state index in [4.69, 9.17) is 5.73 Å². The molecule has 80 valence electrons. The lowest BCUT2D eigenvalue weighted by Gasteiger charge is -2.08. The lowest BCUT2D eigenvalue weighted by molar-refractivity contribution is 0.526. The molecule has 0 aliphatic carbocycles. The average Bonchev–Trinajstić information content (AvgIpc) is 2.50. The summed E-state index contributed by atoms with van der Waals surface area (Å²) in [7, 11) is 0. The number of nitrogens with zero attached hydrogens (tertiary/aromatic N) is 2. The van der Waals surface area contributed by atoms with Crippen LogP contribution in [0.3, 0.4) is 0 Å². The van der Waals surface area contributed by atoms with Crippen molar-refractivity contribution >= 4 is 17.0 Å². The fourth-order valence-electron chi connectivity index (χ4n) is 1.72. The number of benzene rings is 1. The molecule has 1 aromatic carbocycles. The van der Waals surface area contributed by atoms with Gasteiger partial charge in [0.1, 0.15) is 0 Å². The maximum atomic E-state index is 5.89. The van der Waals surface area contributed by atoms with Crippen LogP contribution >= 0.6 is 0 Å². The molecule has 0 aliphatic heterocycles. The molecule has 3 heteroatoms. The SMILES string of the molecule is CC(C)CCn1c(N)nc2ccccc21. The third-order valence-electron chi connectivity index (χ3n) is 2.61. The van der Waals surface area contributed by atoms with Gasteiger partial charge >= 0.3 is 0 Å². The molecule has 0 atom stereocenters. The van der Waals surface area contributed by atoms with E-state index in [2.05, 4.69) is 29.5 Å². The maximum Gasteiger partial charge on any atom is 0.201 e. The minimum Gasteiger partial charge on any atom is -0.369 e. The molecule has 2 N–H and O–H groups in total. The Kier molecular flexibility index (Phi) is 2.62. The molecule has 1 aromatic heterocycles. The third-order valence-corrected chi connectivity index (χ3v) is 2.61. The van der Waals surface area contributed by atoms with Gasteiger partial charge in [0, 0.05) is 6.54 Å². The number of nitrogens with two attached hydrogens (primary N) is 1. The fraction of sp³-hybridized carbons (Fsp3) is 0.417. The van der Waals surface area contributed by atoms with E-state index in [9.17, 15) is 0 Å². The van der Waals surface area contributed by atoms with Crippen LogP contribution in [0.15, 0.2) is 24.3 Å². The van der Waals surface area contributed by atoms with Crippen molar-refractivity contribution in [2.45, 2.75) is 26.8 Å². The zero-order valence-corrected chi connectivity index (χ0v) is 9.27. The number of aryl methyl sites for hydroxylation is 1.